The number of rotatable bonds is 3. The van der Waals surface area contributed by atoms with E-state index in [1.807, 2.05) is 6.92 Å². The normalized spacial score (nSPS) is 26.0. The first kappa shape index (κ1) is 14.2. The quantitative estimate of drug-likeness (QED) is 0.926. The van der Waals surface area contributed by atoms with Crippen LogP contribution in [0, 0.1) is 5.92 Å². The number of carbonyl (C=O) groups is 1. The number of pyridine rings is 1. The molecule has 0 aromatic carbocycles. The van der Waals surface area contributed by atoms with Crippen molar-refractivity contribution in [1.29, 1.82) is 0 Å². The lowest BCUT2D eigenvalue weighted by atomic mass is 9.67. The van der Waals surface area contributed by atoms with E-state index in [2.05, 4.69) is 15.2 Å². The molecule has 2 atom stereocenters. The van der Waals surface area contributed by atoms with Crippen LogP contribution >= 0.6 is 0 Å². The highest BCUT2D eigenvalue weighted by atomic mass is 16.4. The first-order chi connectivity index (χ1) is 11.2. The number of H-pyrrole nitrogens is 1. The summed E-state index contributed by atoms with van der Waals surface area (Å²) in [6, 6.07) is 3.23. The van der Waals surface area contributed by atoms with Crippen LogP contribution in [-0.2, 0) is 12.0 Å². The highest BCUT2D eigenvalue weighted by Crippen LogP contribution is 2.56. The molecule has 1 saturated carbocycles. The van der Waals surface area contributed by atoms with Crippen molar-refractivity contribution < 1.29 is 9.21 Å². The number of amides is 1. The first-order valence-corrected chi connectivity index (χ1v) is 7.99. The van der Waals surface area contributed by atoms with Gasteiger partial charge in [-0.2, -0.15) is 0 Å². The molecule has 1 saturated heterocycles. The lowest BCUT2D eigenvalue weighted by Crippen LogP contribution is -2.54. The Kier molecular flexibility index (Phi) is 3.11. The topological polar surface area (TPSA) is 92.1 Å². The second-order valence-electron chi connectivity index (χ2n) is 6.17. The molecule has 0 radical (unpaired) electrons. The number of carbonyl (C=O) groups excluding carboxylic acids is 1. The van der Waals surface area contributed by atoms with Crippen LogP contribution in [0.15, 0.2) is 27.5 Å². The molecule has 0 bridgehead atoms. The molecule has 120 valence electrons. The van der Waals surface area contributed by atoms with Gasteiger partial charge in [0.25, 0.3) is 11.5 Å². The van der Waals surface area contributed by atoms with Gasteiger partial charge >= 0.3 is 0 Å². The van der Waals surface area contributed by atoms with Crippen molar-refractivity contribution in [2.24, 2.45) is 5.92 Å². The Labute approximate surface area is 132 Å². The summed E-state index contributed by atoms with van der Waals surface area (Å²) in [5.74, 6) is 1.17. The minimum absolute atomic E-state index is 0.162. The average Bonchev–Trinajstić information content (AvgIpc) is 3.10. The van der Waals surface area contributed by atoms with Crippen molar-refractivity contribution in [1.82, 2.24) is 20.1 Å². The van der Waals surface area contributed by atoms with Gasteiger partial charge in [0.2, 0.25) is 11.8 Å². The molecule has 2 aliphatic rings. The van der Waals surface area contributed by atoms with E-state index in [4.69, 9.17) is 4.42 Å². The standard InChI is InChI=1S/C16H18N4O3/c1-2-12-18-19-15(23-12)16-7-5-10(16)6-9-20(16)14(22)11-4-3-8-17-13(11)21/h3-4,8,10H,2,5-7,9H2,1H3,(H,17,21)/t10-,16-/m0/s1. The van der Waals surface area contributed by atoms with Crippen LogP contribution in [0.1, 0.15) is 48.3 Å². The minimum Gasteiger partial charge on any atom is -0.423 e. The molecule has 1 N–H and O–H groups in total. The van der Waals surface area contributed by atoms with Crippen molar-refractivity contribution in [2.75, 3.05) is 6.54 Å². The number of hydrogen-bond donors (Lipinski definition) is 1. The third kappa shape index (κ3) is 1.89. The summed E-state index contributed by atoms with van der Waals surface area (Å²) in [7, 11) is 0. The largest absolute Gasteiger partial charge is 0.423 e. The van der Waals surface area contributed by atoms with Gasteiger partial charge in [-0.1, -0.05) is 6.92 Å². The van der Waals surface area contributed by atoms with Crippen molar-refractivity contribution in [3.63, 3.8) is 0 Å². The predicted octanol–water partition coefficient (Wildman–Crippen LogP) is 1.47. The van der Waals surface area contributed by atoms with Gasteiger partial charge in [-0.3, -0.25) is 9.59 Å². The van der Waals surface area contributed by atoms with E-state index < -0.39 is 5.54 Å². The lowest BCUT2D eigenvalue weighted by molar-refractivity contribution is -0.00367. The number of likely N-dealkylation sites (tertiary alicyclic amines) is 1. The molecule has 1 aliphatic carbocycles. The highest BCUT2D eigenvalue weighted by Gasteiger charge is 2.61. The van der Waals surface area contributed by atoms with Gasteiger partial charge in [0, 0.05) is 19.2 Å². The number of nitrogens with one attached hydrogen (secondary N) is 1. The fraction of sp³-hybridized carbons (Fsp3) is 0.500. The second-order valence-corrected chi connectivity index (χ2v) is 6.17. The number of aromatic amines is 1. The van der Waals surface area contributed by atoms with Crippen LogP contribution in [0.25, 0.3) is 0 Å². The molecule has 2 aromatic rings. The zero-order valence-corrected chi connectivity index (χ0v) is 12.9. The van der Waals surface area contributed by atoms with Gasteiger partial charge < -0.3 is 14.3 Å². The van der Waals surface area contributed by atoms with Gasteiger partial charge in [0.1, 0.15) is 11.1 Å². The monoisotopic (exact) mass is 314 g/mol. The maximum Gasteiger partial charge on any atom is 0.260 e. The number of aromatic nitrogens is 3. The van der Waals surface area contributed by atoms with Crippen LogP contribution < -0.4 is 5.56 Å². The van der Waals surface area contributed by atoms with E-state index in [9.17, 15) is 9.59 Å². The Balaban J connectivity index is 1.75. The van der Waals surface area contributed by atoms with Crippen LogP contribution in [0.4, 0.5) is 0 Å². The predicted molar refractivity (Wildman–Crippen MR) is 80.8 cm³/mol. The van der Waals surface area contributed by atoms with Gasteiger partial charge in [0.05, 0.1) is 0 Å². The summed E-state index contributed by atoms with van der Waals surface area (Å²) in [5.41, 5.74) is -0.732. The Morgan fingerprint density at radius 2 is 2.35 bits per heavy atom. The average molecular weight is 314 g/mol. The van der Waals surface area contributed by atoms with Crippen molar-refractivity contribution in [2.45, 2.75) is 38.1 Å². The Morgan fingerprint density at radius 3 is 3.00 bits per heavy atom. The van der Waals surface area contributed by atoms with Crippen LogP contribution in [-0.4, -0.2) is 32.5 Å². The summed E-state index contributed by atoms with van der Waals surface area (Å²) in [4.78, 5) is 29.2. The zero-order valence-electron chi connectivity index (χ0n) is 12.9. The molecule has 2 fully saturated rings. The summed E-state index contributed by atoms with van der Waals surface area (Å²) < 4.78 is 5.79. The summed E-state index contributed by atoms with van der Waals surface area (Å²) in [6.45, 7) is 2.57. The third-order valence-electron chi connectivity index (χ3n) is 5.17. The Bertz CT molecular complexity index is 811. The van der Waals surface area contributed by atoms with Crippen LogP contribution in [0.3, 0.4) is 0 Å². The first-order valence-electron chi connectivity index (χ1n) is 7.99. The number of hydrogen-bond acceptors (Lipinski definition) is 5. The number of nitrogens with zero attached hydrogens (tertiary/aromatic N) is 3. The van der Waals surface area contributed by atoms with E-state index in [-0.39, 0.29) is 17.0 Å². The molecule has 1 aliphatic heterocycles. The van der Waals surface area contributed by atoms with Crippen LogP contribution in [0.5, 0.6) is 0 Å². The zero-order chi connectivity index (χ0) is 16.0. The maximum absolute atomic E-state index is 12.9. The molecule has 1 amide bonds. The van der Waals surface area contributed by atoms with Crippen molar-refractivity contribution in [3.05, 3.63) is 46.0 Å². The van der Waals surface area contributed by atoms with Gasteiger partial charge in [-0.15, -0.1) is 10.2 Å². The molecule has 3 heterocycles. The smallest absolute Gasteiger partial charge is 0.260 e. The van der Waals surface area contributed by atoms with E-state index in [0.29, 0.717) is 30.7 Å². The highest BCUT2D eigenvalue weighted by molar-refractivity contribution is 5.94. The van der Waals surface area contributed by atoms with E-state index in [1.165, 1.54) is 6.20 Å². The minimum atomic E-state index is -0.528. The Hall–Kier alpha value is -2.44. The fourth-order valence-corrected chi connectivity index (χ4v) is 3.83. The third-order valence-corrected chi connectivity index (χ3v) is 5.17. The Morgan fingerprint density at radius 1 is 1.48 bits per heavy atom. The fourth-order valence-electron chi connectivity index (χ4n) is 3.83. The maximum atomic E-state index is 12.9. The molecule has 7 heteroatoms. The van der Waals surface area contributed by atoms with Crippen LogP contribution in [0.2, 0.25) is 0 Å². The molecular formula is C16H18N4O3. The summed E-state index contributed by atoms with van der Waals surface area (Å²) >= 11 is 0. The lowest BCUT2D eigenvalue weighted by Gasteiger charge is -2.46. The SMILES string of the molecule is CCc1nnc([C@]23CC[C@H]2CCN3C(=O)c2ccc[nH]c2=O)o1. The van der Waals surface area contributed by atoms with Gasteiger partial charge in [0.15, 0.2) is 0 Å². The van der Waals surface area contributed by atoms with Gasteiger partial charge in [-0.25, -0.2) is 0 Å². The van der Waals surface area contributed by atoms with E-state index in [0.717, 1.165) is 19.3 Å². The molecule has 0 unspecified atom stereocenters. The number of aryl methyl sites for hydroxylation is 1. The second kappa shape index (κ2) is 5.04. The molecule has 4 rings (SSSR count). The van der Waals surface area contributed by atoms with Crippen molar-refractivity contribution in [3.8, 4) is 0 Å². The van der Waals surface area contributed by atoms with E-state index in [1.54, 1.807) is 17.0 Å². The summed E-state index contributed by atoms with van der Waals surface area (Å²) in [5, 5.41) is 8.25. The number of fused-ring (bicyclic) bond motifs is 1. The molecule has 0 spiro atoms. The van der Waals surface area contributed by atoms with Gasteiger partial charge in [-0.05, 0) is 37.3 Å². The molecular weight excluding hydrogens is 296 g/mol. The van der Waals surface area contributed by atoms with Crippen molar-refractivity contribution >= 4 is 5.91 Å². The molecule has 2 aromatic heterocycles. The molecule has 23 heavy (non-hydrogen) atoms. The summed E-state index contributed by atoms with van der Waals surface area (Å²) in [6.07, 6.45) is 4.94. The van der Waals surface area contributed by atoms with E-state index >= 15 is 0 Å². The molecule has 7 nitrogen and oxygen atoms in total.